The molecule has 0 fully saturated rings. The minimum Gasteiger partial charge on any atom is -0.338 e. The van der Waals surface area contributed by atoms with E-state index < -0.39 is 5.69 Å². The highest BCUT2D eigenvalue weighted by Gasteiger charge is 2.04. The summed E-state index contributed by atoms with van der Waals surface area (Å²) in [5.74, 6) is 0.00227. The number of nitrogens with one attached hydrogen (secondary N) is 2. The van der Waals surface area contributed by atoms with Crippen molar-refractivity contribution in [3.05, 3.63) is 45.8 Å². The first-order chi connectivity index (χ1) is 8.06. The molecule has 2 rings (SSSR count). The number of benzene rings is 1. The number of rotatable bonds is 2. The second-order valence-electron chi connectivity index (χ2n) is 3.66. The maximum absolute atomic E-state index is 13.3. The molecule has 0 aliphatic carbocycles. The average Bonchev–Trinajstić information content (AvgIpc) is 2.29. The molecule has 0 amide bonds. The van der Waals surface area contributed by atoms with Gasteiger partial charge in [0.25, 0.3) is 0 Å². The van der Waals surface area contributed by atoms with E-state index in [9.17, 15) is 9.18 Å². The van der Waals surface area contributed by atoms with Crippen LogP contribution in [0.4, 0.5) is 15.9 Å². The Bertz CT molecular complexity index is 609. The fraction of sp³-hybridized carbons (Fsp3) is 0.182. The fourth-order valence-corrected chi connectivity index (χ4v) is 1.32. The zero-order valence-electron chi connectivity index (χ0n) is 9.41. The summed E-state index contributed by atoms with van der Waals surface area (Å²) in [6.07, 6.45) is 0. The Kier molecular flexibility index (Phi) is 2.86. The highest BCUT2D eigenvalue weighted by molar-refractivity contribution is 5.57. The predicted octanol–water partition coefficient (Wildman–Crippen LogP) is 1.66. The van der Waals surface area contributed by atoms with Crippen LogP contribution in [0.2, 0.25) is 0 Å². The van der Waals surface area contributed by atoms with Crippen LogP contribution < -0.4 is 11.0 Å². The van der Waals surface area contributed by atoms with Crippen LogP contribution in [0.1, 0.15) is 11.3 Å². The van der Waals surface area contributed by atoms with E-state index >= 15 is 0 Å². The summed E-state index contributed by atoms with van der Waals surface area (Å²) >= 11 is 0. The lowest BCUT2D eigenvalue weighted by molar-refractivity contribution is 0.619. The number of aromatic nitrogens is 3. The molecule has 2 aromatic rings. The lowest BCUT2D eigenvalue weighted by atomic mass is 10.2. The molecule has 1 heterocycles. The summed E-state index contributed by atoms with van der Waals surface area (Å²) in [7, 11) is 0. The quantitative estimate of drug-likeness (QED) is 0.829. The average molecular weight is 234 g/mol. The number of hydrogen-bond donors (Lipinski definition) is 2. The second kappa shape index (κ2) is 4.32. The van der Waals surface area contributed by atoms with E-state index in [1.165, 1.54) is 6.07 Å². The van der Waals surface area contributed by atoms with Gasteiger partial charge in [-0.05, 0) is 31.5 Å². The normalized spacial score (nSPS) is 10.3. The Balaban J connectivity index is 2.34. The molecule has 1 aromatic carbocycles. The molecule has 0 saturated carbocycles. The van der Waals surface area contributed by atoms with Crippen LogP contribution in [0.3, 0.4) is 0 Å². The van der Waals surface area contributed by atoms with Crippen LogP contribution >= 0.6 is 0 Å². The molecule has 6 heteroatoms. The zero-order valence-corrected chi connectivity index (χ0v) is 9.41. The van der Waals surface area contributed by atoms with Crippen molar-refractivity contribution < 1.29 is 4.39 Å². The first kappa shape index (κ1) is 11.3. The standard InChI is InChI=1S/C11H11FN4O/c1-6-3-4-8(5-9(6)12)13-10-7(2)15-16-11(17)14-10/h3-5H,1-2H3,(H2,13,14,16,17). The van der Waals surface area contributed by atoms with Gasteiger partial charge in [-0.1, -0.05) is 6.07 Å². The number of anilines is 2. The fourth-order valence-electron chi connectivity index (χ4n) is 1.32. The number of nitrogens with zero attached hydrogens (tertiary/aromatic N) is 2. The van der Waals surface area contributed by atoms with Crippen LogP contribution in [-0.4, -0.2) is 15.2 Å². The minimum absolute atomic E-state index is 0.314. The van der Waals surface area contributed by atoms with Crippen LogP contribution in [0.15, 0.2) is 23.0 Å². The lowest BCUT2D eigenvalue weighted by Gasteiger charge is -2.07. The van der Waals surface area contributed by atoms with E-state index in [1.807, 2.05) is 0 Å². The highest BCUT2D eigenvalue weighted by Crippen LogP contribution is 2.18. The third kappa shape index (κ3) is 2.47. The molecular formula is C11H11FN4O. The monoisotopic (exact) mass is 234 g/mol. The number of hydrogen-bond acceptors (Lipinski definition) is 4. The van der Waals surface area contributed by atoms with Gasteiger partial charge in [-0.2, -0.15) is 10.1 Å². The summed E-state index contributed by atoms with van der Waals surface area (Å²) in [5.41, 5.74) is 1.07. The molecule has 5 nitrogen and oxygen atoms in total. The van der Waals surface area contributed by atoms with Gasteiger partial charge in [-0.15, -0.1) is 0 Å². The van der Waals surface area contributed by atoms with Crippen LogP contribution in [0.25, 0.3) is 0 Å². The summed E-state index contributed by atoms with van der Waals surface area (Å²) in [6.45, 7) is 3.37. The van der Waals surface area contributed by atoms with E-state index in [4.69, 9.17) is 0 Å². The molecule has 0 aliphatic heterocycles. The van der Waals surface area contributed by atoms with Crippen molar-refractivity contribution in [1.29, 1.82) is 0 Å². The van der Waals surface area contributed by atoms with Gasteiger partial charge in [0.2, 0.25) is 0 Å². The molecule has 0 unspecified atom stereocenters. The van der Waals surface area contributed by atoms with Gasteiger partial charge in [0, 0.05) is 5.69 Å². The Morgan fingerprint density at radius 2 is 2.12 bits per heavy atom. The summed E-state index contributed by atoms with van der Waals surface area (Å²) in [6, 6.07) is 4.70. The molecule has 0 saturated heterocycles. The first-order valence-corrected chi connectivity index (χ1v) is 5.03. The van der Waals surface area contributed by atoms with Crippen LogP contribution in [0.5, 0.6) is 0 Å². The maximum atomic E-state index is 13.3. The maximum Gasteiger partial charge on any atom is 0.363 e. The molecule has 0 bridgehead atoms. The Morgan fingerprint density at radius 3 is 2.82 bits per heavy atom. The first-order valence-electron chi connectivity index (χ1n) is 5.03. The van der Waals surface area contributed by atoms with Crippen molar-refractivity contribution in [2.75, 3.05) is 5.32 Å². The third-order valence-corrected chi connectivity index (χ3v) is 2.31. The Labute approximate surface area is 96.7 Å². The molecule has 0 atom stereocenters. The van der Waals surface area contributed by atoms with E-state index in [1.54, 1.807) is 26.0 Å². The summed E-state index contributed by atoms with van der Waals surface area (Å²) in [4.78, 5) is 14.7. The van der Waals surface area contributed by atoms with Crippen molar-refractivity contribution in [3.63, 3.8) is 0 Å². The lowest BCUT2D eigenvalue weighted by Crippen LogP contribution is -2.15. The summed E-state index contributed by atoms with van der Waals surface area (Å²) < 4.78 is 13.3. The molecule has 17 heavy (non-hydrogen) atoms. The zero-order chi connectivity index (χ0) is 12.4. The highest BCUT2D eigenvalue weighted by atomic mass is 19.1. The smallest absolute Gasteiger partial charge is 0.338 e. The van der Waals surface area contributed by atoms with Crippen LogP contribution in [0, 0.1) is 19.7 Å². The van der Waals surface area contributed by atoms with Gasteiger partial charge < -0.3 is 5.32 Å². The van der Waals surface area contributed by atoms with Crippen molar-refractivity contribution in [1.82, 2.24) is 15.2 Å². The molecule has 0 spiro atoms. The van der Waals surface area contributed by atoms with Crippen molar-refractivity contribution in [2.45, 2.75) is 13.8 Å². The van der Waals surface area contributed by atoms with E-state index in [-0.39, 0.29) is 5.82 Å². The SMILES string of the molecule is Cc1ccc(Nc2nc(=O)[nH]nc2C)cc1F. The number of H-pyrrole nitrogens is 1. The van der Waals surface area contributed by atoms with Gasteiger partial charge in [0.1, 0.15) is 11.5 Å². The molecular weight excluding hydrogens is 223 g/mol. The Hall–Kier alpha value is -2.24. The molecule has 88 valence electrons. The van der Waals surface area contributed by atoms with Gasteiger partial charge in [0.15, 0.2) is 5.82 Å². The van der Waals surface area contributed by atoms with Gasteiger partial charge in [-0.3, -0.25) is 0 Å². The Morgan fingerprint density at radius 1 is 1.35 bits per heavy atom. The molecule has 2 N–H and O–H groups in total. The number of aromatic amines is 1. The summed E-state index contributed by atoms with van der Waals surface area (Å²) in [5, 5.41) is 8.82. The molecule has 0 aliphatic rings. The van der Waals surface area contributed by atoms with Crippen molar-refractivity contribution in [2.24, 2.45) is 0 Å². The molecule has 1 aromatic heterocycles. The van der Waals surface area contributed by atoms with Gasteiger partial charge in [-0.25, -0.2) is 14.3 Å². The minimum atomic E-state index is -0.550. The van der Waals surface area contributed by atoms with Gasteiger partial charge in [0.05, 0.1) is 0 Å². The largest absolute Gasteiger partial charge is 0.363 e. The van der Waals surface area contributed by atoms with Gasteiger partial charge >= 0.3 is 5.69 Å². The van der Waals surface area contributed by atoms with E-state index in [0.29, 0.717) is 22.8 Å². The van der Waals surface area contributed by atoms with Crippen molar-refractivity contribution >= 4 is 11.5 Å². The van der Waals surface area contributed by atoms with E-state index in [0.717, 1.165) is 0 Å². The number of aryl methyl sites for hydroxylation is 2. The third-order valence-electron chi connectivity index (χ3n) is 2.31. The second-order valence-corrected chi connectivity index (χ2v) is 3.66. The topological polar surface area (TPSA) is 70.7 Å². The van der Waals surface area contributed by atoms with E-state index in [2.05, 4.69) is 20.5 Å². The van der Waals surface area contributed by atoms with Crippen LogP contribution in [-0.2, 0) is 0 Å². The molecule has 0 radical (unpaired) electrons. The number of halogens is 1. The predicted molar refractivity (Wildman–Crippen MR) is 61.8 cm³/mol. The van der Waals surface area contributed by atoms with Crippen molar-refractivity contribution in [3.8, 4) is 0 Å².